The second kappa shape index (κ2) is 8.25. The fraction of sp³-hybridized carbons (Fsp3) is 0.933. The fourth-order valence-corrected chi connectivity index (χ4v) is 2.66. The zero-order chi connectivity index (χ0) is 15.1. The molecule has 0 saturated carbocycles. The Kier molecular flexibility index (Phi) is 7.34. The number of rotatable bonds is 8. The van der Waals surface area contributed by atoms with Crippen LogP contribution in [0, 0.1) is 0 Å². The van der Waals surface area contributed by atoms with Gasteiger partial charge in [0.25, 0.3) is 0 Å². The van der Waals surface area contributed by atoms with Crippen LogP contribution in [0.25, 0.3) is 0 Å². The van der Waals surface area contributed by atoms with Crippen molar-refractivity contribution >= 4 is 17.2 Å². The lowest BCUT2D eigenvalue weighted by Gasteiger charge is -2.25. The number of unbranched alkanes of at least 4 members (excludes halogenated alkanes) is 3. The maximum atomic E-state index is 11.7. The largest absolute Gasteiger partial charge is 0.348 e. The molecule has 1 fully saturated rings. The van der Waals surface area contributed by atoms with Crippen molar-refractivity contribution in [3.8, 4) is 0 Å². The van der Waals surface area contributed by atoms with Crippen molar-refractivity contribution in [2.75, 3.05) is 13.2 Å². The quantitative estimate of drug-likeness (QED) is 0.508. The average Bonchev–Trinajstić information content (AvgIpc) is 2.85. The average molecular weight is 303 g/mol. The van der Waals surface area contributed by atoms with Crippen LogP contribution in [0.3, 0.4) is 0 Å². The van der Waals surface area contributed by atoms with Crippen LogP contribution < -0.4 is 0 Å². The van der Waals surface area contributed by atoms with Gasteiger partial charge in [0.1, 0.15) is 11.0 Å². The van der Waals surface area contributed by atoms with Crippen LogP contribution in [0.2, 0.25) is 0 Å². The normalized spacial score (nSPS) is 20.6. The Bertz CT molecular complexity index is 331. The third-order valence-corrected chi connectivity index (χ3v) is 4.83. The third-order valence-electron chi connectivity index (χ3n) is 3.44. The molecule has 1 aliphatic rings. The van der Waals surface area contributed by atoms with Crippen LogP contribution >= 0.6 is 0 Å². The zero-order valence-electron chi connectivity index (χ0n) is 13.3. The summed E-state index contributed by atoms with van der Waals surface area (Å²) in [5.74, 6) is -0.318. The molecule has 1 saturated heterocycles. The zero-order valence-corrected chi connectivity index (χ0v) is 14.1. The van der Waals surface area contributed by atoms with E-state index >= 15 is 0 Å². The molecule has 1 aliphatic heterocycles. The fourth-order valence-electron chi connectivity index (χ4n) is 2.11. The first-order valence-electron chi connectivity index (χ1n) is 7.62. The first-order chi connectivity index (χ1) is 9.40. The molecular formula is C15H29NO3S. The predicted molar refractivity (Wildman–Crippen MR) is 84.4 cm³/mol. The van der Waals surface area contributed by atoms with Gasteiger partial charge >= 0.3 is 0 Å². The lowest BCUT2D eigenvalue weighted by molar-refractivity contribution is -0.164. The highest BCUT2D eigenvalue weighted by Gasteiger charge is 2.33. The SMILES string of the molecule is CCC1(CCCCCC=N[S@](=O)C(C)(C)C)OCCO1. The van der Waals surface area contributed by atoms with Crippen LogP contribution in [-0.4, -0.2) is 34.2 Å². The highest BCUT2D eigenvalue weighted by molar-refractivity contribution is 7.85. The number of ether oxygens (including phenoxy) is 2. The van der Waals surface area contributed by atoms with E-state index < -0.39 is 11.0 Å². The Morgan fingerprint density at radius 2 is 1.85 bits per heavy atom. The first kappa shape index (κ1) is 17.8. The first-order valence-corrected chi connectivity index (χ1v) is 8.73. The maximum absolute atomic E-state index is 11.7. The van der Waals surface area contributed by atoms with Crippen molar-refractivity contribution in [3.63, 3.8) is 0 Å². The van der Waals surface area contributed by atoms with Gasteiger partial charge in [-0.1, -0.05) is 13.3 Å². The Morgan fingerprint density at radius 3 is 2.40 bits per heavy atom. The molecule has 0 N–H and O–H groups in total. The molecule has 1 heterocycles. The summed E-state index contributed by atoms with van der Waals surface area (Å²) in [4.78, 5) is 0. The molecule has 118 valence electrons. The Morgan fingerprint density at radius 1 is 1.20 bits per heavy atom. The van der Waals surface area contributed by atoms with E-state index in [0.29, 0.717) is 0 Å². The molecule has 0 radical (unpaired) electrons. The molecule has 20 heavy (non-hydrogen) atoms. The van der Waals surface area contributed by atoms with E-state index in [0.717, 1.165) is 51.7 Å². The van der Waals surface area contributed by atoms with E-state index in [1.54, 1.807) is 6.21 Å². The lowest BCUT2D eigenvalue weighted by atomic mass is 10.0. The summed E-state index contributed by atoms with van der Waals surface area (Å²) in [7, 11) is -1.13. The van der Waals surface area contributed by atoms with Gasteiger partial charge in [0.05, 0.1) is 18.0 Å². The van der Waals surface area contributed by atoms with Crippen molar-refractivity contribution in [1.82, 2.24) is 0 Å². The highest BCUT2D eigenvalue weighted by Crippen LogP contribution is 2.29. The van der Waals surface area contributed by atoms with Crippen molar-refractivity contribution < 1.29 is 13.7 Å². The Balaban J connectivity index is 2.11. The summed E-state index contributed by atoms with van der Waals surface area (Å²) in [6.07, 6.45) is 7.88. The molecule has 0 aromatic carbocycles. The van der Waals surface area contributed by atoms with E-state index in [4.69, 9.17) is 9.47 Å². The van der Waals surface area contributed by atoms with Gasteiger partial charge in [-0.3, -0.25) is 0 Å². The molecule has 0 aromatic heterocycles. The van der Waals surface area contributed by atoms with Gasteiger partial charge < -0.3 is 9.47 Å². The van der Waals surface area contributed by atoms with Crippen LogP contribution in [0.15, 0.2) is 4.40 Å². The third kappa shape index (κ3) is 6.02. The summed E-state index contributed by atoms with van der Waals surface area (Å²) < 4.78 is 26.9. The van der Waals surface area contributed by atoms with Gasteiger partial charge in [-0.15, -0.1) is 0 Å². The van der Waals surface area contributed by atoms with Crippen molar-refractivity contribution in [2.24, 2.45) is 4.40 Å². The topological polar surface area (TPSA) is 47.9 Å². The summed E-state index contributed by atoms with van der Waals surface area (Å²) in [5, 5.41) is 0. The van der Waals surface area contributed by atoms with E-state index in [2.05, 4.69) is 11.3 Å². The van der Waals surface area contributed by atoms with Gasteiger partial charge in [-0.2, -0.15) is 4.40 Å². The van der Waals surface area contributed by atoms with E-state index in [1.165, 1.54) is 0 Å². The molecular weight excluding hydrogens is 274 g/mol. The van der Waals surface area contributed by atoms with Crippen molar-refractivity contribution in [1.29, 1.82) is 0 Å². The van der Waals surface area contributed by atoms with E-state index in [9.17, 15) is 4.21 Å². The molecule has 4 nitrogen and oxygen atoms in total. The maximum Gasteiger partial charge on any atom is 0.168 e. The van der Waals surface area contributed by atoms with Crippen molar-refractivity contribution in [2.45, 2.75) is 76.8 Å². The van der Waals surface area contributed by atoms with E-state index in [1.807, 2.05) is 20.8 Å². The summed E-state index contributed by atoms with van der Waals surface area (Å²) in [6.45, 7) is 9.36. The van der Waals surface area contributed by atoms with Gasteiger partial charge in [-0.25, -0.2) is 4.21 Å². The lowest BCUT2D eigenvalue weighted by Crippen LogP contribution is -2.28. The van der Waals surface area contributed by atoms with Crippen LogP contribution in [0.1, 0.15) is 66.2 Å². The highest BCUT2D eigenvalue weighted by atomic mass is 32.2. The van der Waals surface area contributed by atoms with Gasteiger partial charge in [0, 0.05) is 12.6 Å². The molecule has 1 atom stereocenters. The Labute approximate surface area is 125 Å². The predicted octanol–water partition coefficient (Wildman–Crippen LogP) is 3.62. The van der Waals surface area contributed by atoms with Gasteiger partial charge in [0.15, 0.2) is 5.79 Å². The monoisotopic (exact) mass is 303 g/mol. The van der Waals surface area contributed by atoms with E-state index in [-0.39, 0.29) is 10.5 Å². The Hall–Kier alpha value is -0.260. The molecule has 0 amide bonds. The molecule has 0 unspecified atom stereocenters. The minimum Gasteiger partial charge on any atom is -0.348 e. The molecule has 0 aromatic rings. The minimum atomic E-state index is -1.13. The summed E-state index contributed by atoms with van der Waals surface area (Å²) in [6, 6.07) is 0. The minimum absolute atomic E-state index is 0.263. The number of nitrogens with zero attached hydrogens (tertiary/aromatic N) is 1. The molecule has 0 aliphatic carbocycles. The van der Waals surface area contributed by atoms with Gasteiger partial charge in [-0.05, 0) is 46.5 Å². The summed E-state index contributed by atoms with van der Waals surface area (Å²) >= 11 is 0. The standard InChI is InChI=1S/C15H29NO3S/c1-5-15(18-12-13-19-15)10-8-6-7-9-11-16-20(17)14(2,3)4/h11H,5-10,12-13H2,1-4H3/t20-/m1/s1. The molecule has 5 heteroatoms. The molecule has 0 bridgehead atoms. The van der Waals surface area contributed by atoms with Crippen LogP contribution in [0.4, 0.5) is 0 Å². The second-order valence-electron chi connectivity index (χ2n) is 6.21. The summed E-state index contributed by atoms with van der Waals surface area (Å²) in [5.41, 5.74) is 0. The smallest absolute Gasteiger partial charge is 0.168 e. The molecule has 0 spiro atoms. The molecule has 1 rings (SSSR count). The number of hydrogen-bond donors (Lipinski definition) is 0. The van der Waals surface area contributed by atoms with Crippen LogP contribution in [0.5, 0.6) is 0 Å². The van der Waals surface area contributed by atoms with Crippen molar-refractivity contribution in [3.05, 3.63) is 0 Å². The second-order valence-corrected chi connectivity index (χ2v) is 8.14. The van der Waals surface area contributed by atoms with Crippen LogP contribution in [-0.2, 0) is 20.5 Å². The van der Waals surface area contributed by atoms with Gasteiger partial charge in [0.2, 0.25) is 0 Å². The number of hydrogen-bond acceptors (Lipinski definition) is 3.